The Hall–Kier alpha value is -3.03. The van der Waals surface area contributed by atoms with Gasteiger partial charge >= 0.3 is 0 Å². The summed E-state index contributed by atoms with van der Waals surface area (Å²) >= 11 is 0. The zero-order valence-corrected chi connectivity index (χ0v) is 14.2. The molecule has 1 atom stereocenters. The number of rotatable bonds is 5. The molecule has 1 saturated carbocycles. The second-order valence-corrected chi connectivity index (χ2v) is 6.46. The highest BCUT2D eigenvalue weighted by atomic mass is 19.1. The predicted octanol–water partition coefficient (Wildman–Crippen LogP) is 2.16. The summed E-state index contributed by atoms with van der Waals surface area (Å²) < 4.78 is 15.4. The third kappa shape index (κ3) is 2.98. The molecule has 1 amide bonds. The molecule has 1 aliphatic carbocycles. The van der Waals surface area contributed by atoms with E-state index in [1.54, 1.807) is 4.68 Å². The first-order valence-electron chi connectivity index (χ1n) is 8.58. The molecule has 7 nitrogen and oxygen atoms in total. The minimum Gasteiger partial charge on any atom is -0.342 e. The number of H-pyrrole nitrogens is 1. The molecular weight excluding hydrogens is 337 g/mol. The predicted molar refractivity (Wildman–Crippen MR) is 93.2 cm³/mol. The van der Waals surface area contributed by atoms with E-state index in [1.807, 2.05) is 6.92 Å². The van der Waals surface area contributed by atoms with Crippen molar-refractivity contribution in [2.45, 2.75) is 32.4 Å². The highest BCUT2D eigenvalue weighted by molar-refractivity contribution is 6.06. The fourth-order valence-corrected chi connectivity index (χ4v) is 3.21. The van der Waals surface area contributed by atoms with E-state index < -0.39 is 17.3 Å². The van der Waals surface area contributed by atoms with Crippen molar-refractivity contribution in [3.8, 4) is 0 Å². The average molecular weight is 355 g/mol. The molecule has 0 aliphatic heterocycles. The Labute approximate surface area is 148 Å². The number of fused-ring (bicyclic) bond motifs is 1. The lowest BCUT2D eigenvalue weighted by molar-refractivity contribution is 0.0930. The lowest BCUT2D eigenvalue weighted by Gasteiger charge is -2.18. The van der Waals surface area contributed by atoms with Crippen LogP contribution in [0.15, 0.2) is 35.4 Å². The van der Waals surface area contributed by atoms with Crippen molar-refractivity contribution < 1.29 is 9.18 Å². The fourth-order valence-electron chi connectivity index (χ4n) is 3.21. The second-order valence-electron chi connectivity index (χ2n) is 6.46. The Balaban J connectivity index is 1.72. The largest absolute Gasteiger partial charge is 0.342 e. The molecule has 0 spiro atoms. The third-order valence-corrected chi connectivity index (χ3v) is 4.65. The minimum absolute atomic E-state index is 0.150. The number of aromatic amines is 1. The smallest absolute Gasteiger partial charge is 0.252 e. The van der Waals surface area contributed by atoms with Gasteiger partial charge in [-0.15, -0.1) is 0 Å². The number of nitrogens with one attached hydrogen (secondary N) is 2. The monoisotopic (exact) mass is 355 g/mol. The molecule has 0 unspecified atom stereocenters. The standard InChI is InChI=1S/C18H18FN5O2/c1-2-24-17(20-9-21-24)16(10-3-4-10)23-18(26)13-8-15(25)22-14-6-5-11(19)7-12(13)14/h5-10,16H,2-4H2,1H3,(H,22,25)(H,23,26)/t16-/m0/s1. The van der Waals surface area contributed by atoms with Crippen LogP contribution in [0.5, 0.6) is 0 Å². The van der Waals surface area contributed by atoms with Crippen LogP contribution in [-0.4, -0.2) is 25.7 Å². The number of amides is 1. The van der Waals surface area contributed by atoms with Crippen LogP contribution in [0.2, 0.25) is 0 Å². The number of hydrogen-bond donors (Lipinski definition) is 2. The molecule has 2 N–H and O–H groups in total. The van der Waals surface area contributed by atoms with Crippen LogP contribution >= 0.6 is 0 Å². The molecule has 0 bridgehead atoms. The van der Waals surface area contributed by atoms with E-state index in [0.29, 0.717) is 29.2 Å². The Morgan fingerprint density at radius 2 is 2.23 bits per heavy atom. The summed E-state index contributed by atoms with van der Waals surface area (Å²) in [5.41, 5.74) is 0.161. The van der Waals surface area contributed by atoms with Crippen LogP contribution in [0.1, 0.15) is 42.0 Å². The number of hydrogen-bond acceptors (Lipinski definition) is 4. The number of aromatic nitrogens is 4. The zero-order valence-electron chi connectivity index (χ0n) is 14.2. The van der Waals surface area contributed by atoms with Crippen molar-refractivity contribution in [2.75, 3.05) is 0 Å². The number of benzene rings is 1. The molecule has 1 fully saturated rings. The molecule has 0 saturated heterocycles. The summed E-state index contributed by atoms with van der Waals surface area (Å²) in [6.07, 6.45) is 3.46. The van der Waals surface area contributed by atoms with Crippen LogP contribution in [0.3, 0.4) is 0 Å². The summed E-state index contributed by atoms with van der Waals surface area (Å²) in [6, 6.07) is 4.87. The van der Waals surface area contributed by atoms with E-state index in [9.17, 15) is 14.0 Å². The first-order chi connectivity index (χ1) is 12.6. The number of carbonyl (C=O) groups is 1. The van der Waals surface area contributed by atoms with Crippen molar-refractivity contribution in [3.63, 3.8) is 0 Å². The number of aryl methyl sites for hydroxylation is 1. The van der Waals surface area contributed by atoms with Gasteiger partial charge in [0.2, 0.25) is 5.56 Å². The van der Waals surface area contributed by atoms with Gasteiger partial charge in [0.05, 0.1) is 11.6 Å². The van der Waals surface area contributed by atoms with Crippen LogP contribution in [0.25, 0.3) is 10.9 Å². The van der Waals surface area contributed by atoms with E-state index in [0.717, 1.165) is 12.8 Å². The maximum Gasteiger partial charge on any atom is 0.252 e. The molecule has 0 radical (unpaired) electrons. The van der Waals surface area contributed by atoms with E-state index in [-0.39, 0.29) is 11.6 Å². The van der Waals surface area contributed by atoms with Gasteiger partial charge in [0.25, 0.3) is 5.91 Å². The third-order valence-electron chi connectivity index (χ3n) is 4.65. The zero-order chi connectivity index (χ0) is 18.3. The molecule has 2 heterocycles. The number of nitrogens with zero attached hydrogens (tertiary/aromatic N) is 3. The van der Waals surface area contributed by atoms with Gasteiger partial charge < -0.3 is 10.3 Å². The molecule has 3 aromatic rings. The van der Waals surface area contributed by atoms with Gasteiger partial charge in [0.15, 0.2) is 0 Å². The summed E-state index contributed by atoms with van der Waals surface area (Å²) in [4.78, 5) is 31.7. The topological polar surface area (TPSA) is 92.7 Å². The molecule has 1 aliphatic rings. The van der Waals surface area contributed by atoms with Crippen LogP contribution in [0, 0.1) is 11.7 Å². The van der Waals surface area contributed by atoms with Crippen molar-refractivity contribution in [2.24, 2.45) is 5.92 Å². The van der Waals surface area contributed by atoms with E-state index in [2.05, 4.69) is 20.4 Å². The van der Waals surface area contributed by atoms with Gasteiger partial charge in [-0.3, -0.25) is 9.59 Å². The molecule has 134 valence electrons. The average Bonchev–Trinajstić information content (AvgIpc) is 3.36. The Morgan fingerprint density at radius 3 is 2.96 bits per heavy atom. The number of carbonyl (C=O) groups excluding carboxylic acids is 1. The summed E-state index contributed by atoms with van der Waals surface area (Å²) in [6.45, 7) is 2.60. The van der Waals surface area contributed by atoms with E-state index in [4.69, 9.17) is 0 Å². The maximum absolute atomic E-state index is 13.7. The number of halogens is 1. The Kier molecular flexibility index (Phi) is 4.02. The SMILES string of the molecule is CCn1ncnc1[C@@H](NC(=O)c1cc(=O)[nH]c2ccc(F)cc12)C1CC1. The summed E-state index contributed by atoms with van der Waals surface area (Å²) in [5.74, 6) is 0.0967. The highest BCUT2D eigenvalue weighted by Gasteiger charge is 2.36. The quantitative estimate of drug-likeness (QED) is 0.733. The molecular formula is C18H18FN5O2. The lowest BCUT2D eigenvalue weighted by atomic mass is 10.1. The van der Waals surface area contributed by atoms with E-state index >= 15 is 0 Å². The lowest BCUT2D eigenvalue weighted by Crippen LogP contribution is -2.33. The summed E-state index contributed by atoms with van der Waals surface area (Å²) in [7, 11) is 0. The highest BCUT2D eigenvalue weighted by Crippen LogP contribution is 2.40. The first kappa shape index (κ1) is 16.4. The number of pyridine rings is 1. The molecule has 2 aromatic heterocycles. The van der Waals surface area contributed by atoms with Gasteiger partial charge in [-0.2, -0.15) is 5.10 Å². The second kappa shape index (κ2) is 6.36. The molecule has 26 heavy (non-hydrogen) atoms. The Bertz CT molecular complexity index is 1040. The fraction of sp³-hybridized carbons (Fsp3) is 0.333. The van der Waals surface area contributed by atoms with Gasteiger partial charge in [0, 0.05) is 23.5 Å². The first-order valence-corrected chi connectivity index (χ1v) is 8.58. The molecule has 8 heteroatoms. The summed E-state index contributed by atoms with van der Waals surface area (Å²) in [5, 5.41) is 7.51. The van der Waals surface area contributed by atoms with Crippen molar-refractivity contribution in [1.82, 2.24) is 25.1 Å². The maximum atomic E-state index is 13.7. The van der Waals surface area contributed by atoms with E-state index in [1.165, 1.54) is 30.6 Å². The van der Waals surface area contributed by atoms with Crippen molar-refractivity contribution in [1.29, 1.82) is 0 Å². The van der Waals surface area contributed by atoms with Gasteiger partial charge in [-0.25, -0.2) is 14.1 Å². The van der Waals surface area contributed by atoms with Gasteiger partial charge in [0.1, 0.15) is 18.0 Å². The van der Waals surface area contributed by atoms with Crippen LogP contribution in [-0.2, 0) is 6.54 Å². The Morgan fingerprint density at radius 1 is 1.42 bits per heavy atom. The van der Waals surface area contributed by atoms with Crippen LogP contribution < -0.4 is 10.9 Å². The van der Waals surface area contributed by atoms with Gasteiger partial charge in [-0.1, -0.05) is 0 Å². The van der Waals surface area contributed by atoms with Crippen molar-refractivity contribution >= 4 is 16.8 Å². The van der Waals surface area contributed by atoms with Crippen LogP contribution in [0.4, 0.5) is 4.39 Å². The molecule has 4 rings (SSSR count). The molecule has 1 aromatic carbocycles. The van der Waals surface area contributed by atoms with Crippen molar-refractivity contribution in [3.05, 3.63) is 58.2 Å². The minimum atomic E-state index is -0.469. The van der Waals surface area contributed by atoms with Gasteiger partial charge in [-0.05, 0) is 43.9 Å². The normalized spacial score (nSPS) is 15.2.